The maximum Gasteiger partial charge on any atom is 0.238 e. The van der Waals surface area contributed by atoms with E-state index in [1.54, 1.807) is 12.1 Å². The third kappa shape index (κ3) is 5.46. The molecule has 0 aromatic heterocycles. The number of carbonyl (C=O) groups is 1. The summed E-state index contributed by atoms with van der Waals surface area (Å²) in [5, 5.41) is 11.4. The predicted molar refractivity (Wildman–Crippen MR) is 91.8 cm³/mol. The Bertz CT molecular complexity index is 634. The van der Waals surface area contributed by atoms with Crippen LogP contribution in [0.25, 0.3) is 0 Å². The van der Waals surface area contributed by atoms with Crippen molar-refractivity contribution in [1.29, 1.82) is 0 Å². The number of hydrogen-bond acceptors (Lipinski definition) is 4. The lowest BCUT2D eigenvalue weighted by molar-refractivity contribution is -0.126. The Morgan fingerprint density at radius 3 is 2.48 bits per heavy atom. The molecule has 1 heterocycles. The molecular weight excluding hydrogens is 338 g/mol. The van der Waals surface area contributed by atoms with Crippen LogP contribution in [-0.4, -0.2) is 26.9 Å². The van der Waals surface area contributed by atoms with Crippen LogP contribution in [0, 0.1) is 5.92 Å². The Labute approximate surface area is 143 Å². The Kier molecular flexibility index (Phi) is 7.01. The molecule has 8 heteroatoms. The first-order chi connectivity index (χ1) is 10.3. The smallest absolute Gasteiger partial charge is 0.238 e. The van der Waals surface area contributed by atoms with Crippen molar-refractivity contribution in [1.82, 2.24) is 10.6 Å². The molecule has 0 spiro atoms. The lowest BCUT2D eigenvalue weighted by Gasteiger charge is -2.28. The van der Waals surface area contributed by atoms with Gasteiger partial charge in [0.2, 0.25) is 15.9 Å². The summed E-state index contributed by atoms with van der Waals surface area (Å²) in [6.45, 7) is 4.82. The number of benzene rings is 1. The molecule has 0 aliphatic carbocycles. The Balaban J connectivity index is 0.00000264. The topological polar surface area (TPSA) is 101 Å². The minimum atomic E-state index is -3.69. The van der Waals surface area contributed by atoms with Crippen molar-refractivity contribution in [2.45, 2.75) is 43.7 Å². The van der Waals surface area contributed by atoms with Gasteiger partial charge < -0.3 is 10.6 Å². The van der Waals surface area contributed by atoms with E-state index in [0.29, 0.717) is 6.04 Å². The number of amides is 1. The lowest BCUT2D eigenvalue weighted by Crippen LogP contribution is -2.42. The third-order valence-electron chi connectivity index (χ3n) is 4.06. The maximum atomic E-state index is 12.3. The highest BCUT2D eigenvalue weighted by Crippen LogP contribution is 2.20. The molecule has 1 aliphatic rings. The van der Waals surface area contributed by atoms with Crippen molar-refractivity contribution in [3.8, 4) is 0 Å². The molecule has 130 valence electrons. The van der Waals surface area contributed by atoms with Crippen molar-refractivity contribution in [2.75, 3.05) is 6.54 Å². The zero-order valence-electron chi connectivity index (χ0n) is 13.3. The third-order valence-corrected chi connectivity index (χ3v) is 4.99. The van der Waals surface area contributed by atoms with E-state index in [1.165, 1.54) is 12.1 Å². The standard InChI is InChI=1S/C15H23N3O3S.ClH/c1-10-9-13(7-8-17-10)15(19)18-11(2)12-3-5-14(6-4-12)22(16,20)21;/h3-6,10-11,13,17H,7-9H2,1-2H3,(H,18,19)(H2,16,20,21);1H/t10-,11?,13-;/m0./s1. The number of halogens is 1. The average Bonchev–Trinajstić information content (AvgIpc) is 2.46. The van der Waals surface area contributed by atoms with E-state index in [4.69, 9.17) is 5.14 Å². The molecule has 3 atom stereocenters. The van der Waals surface area contributed by atoms with Gasteiger partial charge in [-0.05, 0) is 50.9 Å². The summed E-state index contributed by atoms with van der Waals surface area (Å²) in [6.07, 6.45) is 1.68. The minimum Gasteiger partial charge on any atom is -0.349 e. The van der Waals surface area contributed by atoms with Crippen molar-refractivity contribution in [2.24, 2.45) is 11.1 Å². The molecule has 2 rings (SSSR count). The summed E-state index contributed by atoms with van der Waals surface area (Å²) in [5.41, 5.74) is 0.850. The fourth-order valence-corrected chi connectivity index (χ4v) is 3.25. The summed E-state index contributed by atoms with van der Waals surface area (Å²) in [7, 11) is -3.69. The fraction of sp³-hybridized carbons (Fsp3) is 0.533. The van der Waals surface area contributed by atoms with Gasteiger partial charge in [-0.2, -0.15) is 0 Å². The van der Waals surface area contributed by atoms with Crippen LogP contribution in [0.4, 0.5) is 0 Å². The highest BCUT2D eigenvalue weighted by Gasteiger charge is 2.25. The van der Waals surface area contributed by atoms with Crippen molar-refractivity contribution < 1.29 is 13.2 Å². The molecule has 1 aliphatic heterocycles. The lowest BCUT2D eigenvalue weighted by atomic mass is 9.92. The van der Waals surface area contributed by atoms with Gasteiger partial charge in [0.15, 0.2) is 0 Å². The van der Waals surface area contributed by atoms with Crippen LogP contribution in [-0.2, 0) is 14.8 Å². The van der Waals surface area contributed by atoms with Gasteiger partial charge in [-0.15, -0.1) is 12.4 Å². The summed E-state index contributed by atoms with van der Waals surface area (Å²) in [4.78, 5) is 12.4. The van der Waals surface area contributed by atoms with Gasteiger partial charge in [0.05, 0.1) is 10.9 Å². The van der Waals surface area contributed by atoms with Gasteiger partial charge in [0.1, 0.15) is 0 Å². The number of hydrogen-bond donors (Lipinski definition) is 3. The molecule has 1 unspecified atom stereocenters. The number of nitrogens with one attached hydrogen (secondary N) is 2. The van der Waals surface area contributed by atoms with Crippen molar-refractivity contribution in [3.05, 3.63) is 29.8 Å². The van der Waals surface area contributed by atoms with Crippen molar-refractivity contribution >= 4 is 28.3 Å². The summed E-state index contributed by atoms with van der Waals surface area (Å²) in [5.74, 6) is 0.0822. The second kappa shape index (κ2) is 8.10. The fourth-order valence-electron chi connectivity index (χ4n) is 2.73. The first-order valence-corrected chi connectivity index (χ1v) is 8.98. The largest absolute Gasteiger partial charge is 0.349 e. The van der Waals surface area contributed by atoms with E-state index >= 15 is 0 Å². The molecule has 6 nitrogen and oxygen atoms in total. The normalized spacial score (nSPS) is 22.7. The Hall–Kier alpha value is -1.15. The van der Waals surface area contributed by atoms with Gasteiger partial charge in [-0.25, -0.2) is 13.6 Å². The number of sulfonamides is 1. The number of piperidine rings is 1. The molecule has 1 aromatic rings. The van der Waals surface area contributed by atoms with Gasteiger partial charge in [0.25, 0.3) is 0 Å². The van der Waals surface area contributed by atoms with Gasteiger partial charge >= 0.3 is 0 Å². The second-order valence-corrected chi connectivity index (χ2v) is 7.48. The molecule has 4 N–H and O–H groups in total. The minimum absolute atomic E-state index is 0. The highest BCUT2D eigenvalue weighted by molar-refractivity contribution is 7.89. The SMILES string of the molecule is CC(NC(=O)[C@H]1CCN[C@@H](C)C1)c1ccc(S(N)(=O)=O)cc1.Cl. The molecule has 0 radical (unpaired) electrons. The zero-order chi connectivity index (χ0) is 16.3. The summed E-state index contributed by atoms with van der Waals surface area (Å²) in [6, 6.07) is 6.45. The molecule has 1 amide bonds. The Morgan fingerprint density at radius 1 is 1.35 bits per heavy atom. The zero-order valence-corrected chi connectivity index (χ0v) is 14.9. The van der Waals surface area contributed by atoms with Gasteiger partial charge in [-0.3, -0.25) is 4.79 Å². The van der Waals surface area contributed by atoms with Crippen LogP contribution < -0.4 is 15.8 Å². The predicted octanol–water partition coefficient (Wildman–Crippen LogP) is 1.32. The van der Waals surface area contributed by atoms with E-state index < -0.39 is 10.0 Å². The first-order valence-electron chi connectivity index (χ1n) is 7.44. The van der Waals surface area contributed by atoms with Gasteiger partial charge in [-0.1, -0.05) is 12.1 Å². The van der Waals surface area contributed by atoms with Crippen LogP contribution in [0.15, 0.2) is 29.2 Å². The van der Waals surface area contributed by atoms with E-state index in [1.807, 2.05) is 6.92 Å². The van der Waals surface area contributed by atoms with Gasteiger partial charge in [0, 0.05) is 12.0 Å². The number of primary sulfonamides is 1. The number of rotatable bonds is 4. The van der Waals surface area contributed by atoms with Crippen molar-refractivity contribution in [3.63, 3.8) is 0 Å². The molecule has 0 saturated carbocycles. The maximum absolute atomic E-state index is 12.3. The average molecular weight is 362 g/mol. The summed E-state index contributed by atoms with van der Waals surface area (Å²) >= 11 is 0. The van der Waals surface area contributed by atoms with Crippen LogP contribution in [0.2, 0.25) is 0 Å². The molecule has 0 bridgehead atoms. The first kappa shape index (κ1) is 19.9. The van der Waals surface area contributed by atoms with E-state index in [2.05, 4.69) is 17.6 Å². The van der Waals surface area contributed by atoms with E-state index in [0.717, 1.165) is 24.9 Å². The number of nitrogens with two attached hydrogens (primary N) is 1. The van der Waals surface area contributed by atoms with Crippen LogP contribution >= 0.6 is 12.4 Å². The van der Waals surface area contributed by atoms with Crippen LogP contribution in [0.3, 0.4) is 0 Å². The summed E-state index contributed by atoms with van der Waals surface area (Å²) < 4.78 is 22.5. The second-order valence-electron chi connectivity index (χ2n) is 5.92. The van der Waals surface area contributed by atoms with Crippen LogP contribution in [0.5, 0.6) is 0 Å². The molecule has 1 saturated heterocycles. The molecule has 1 fully saturated rings. The van der Waals surface area contributed by atoms with E-state index in [-0.39, 0.29) is 35.2 Å². The molecular formula is C15H24ClN3O3S. The highest BCUT2D eigenvalue weighted by atomic mass is 35.5. The Morgan fingerprint density at radius 2 is 1.96 bits per heavy atom. The quantitative estimate of drug-likeness (QED) is 0.752. The molecule has 23 heavy (non-hydrogen) atoms. The van der Waals surface area contributed by atoms with E-state index in [9.17, 15) is 13.2 Å². The number of carbonyl (C=O) groups excluding carboxylic acids is 1. The molecule has 1 aromatic carbocycles. The monoisotopic (exact) mass is 361 g/mol. The van der Waals surface area contributed by atoms with Crippen LogP contribution in [0.1, 0.15) is 38.3 Å².